The van der Waals surface area contributed by atoms with E-state index < -0.39 is 0 Å². The number of nitrogens with zero attached hydrogens (tertiary/aromatic N) is 2. The van der Waals surface area contributed by atoms with Crippen molar-refractivity contribution in [1.29, 1.82) is 0 Å². The van der Waals surface area contributed by atoms with Crippen molar-refractivity contribution in [1.82, 2.24) is 10.1 Å². The Balaban J connectivity index is 1.33. The summed E-state index contributed by atoms with van der Waals surface area (Å²) in [5.41, 5.74) is 3.09. The predicted molar refractivity (Wildman–Crippen MR) is 117 cm³/mol. The summed E-state index contributed by atoms with van der Waals surface area (Å²) in [4.78, 5) is 14.3. The third-order valence-corrected chi connectivity index (χ3v) is 5.84. The van der Waals surface area contributed by atoms with Crippen molar-refractivity contribution in [2.24, 2.45) is 11.8 Å². The number of aromatic nitrogens is 1. The van der Waals surface area contributed by atoms with Crippen LogP contribution in [0.25, 0.3) is 6.08 Å². The second-order valence-electron chi connectivity index (χ2n) is 8.19. The minimum atomic E-state index is -0.114. The minimum absolute atomic E-state index is 0.114. The van der Waals surface area contributed by atoms with Gasteiger partial charge in [-0.05, 0) is 55.2 Å². The maximum atomic E-state index is 12.4. The fourth-order valence-corrected chi connectivity index (χ4v) is 4.05. The SMILES string of the molecule is CC1CN(C(=O)Nc2cnoc2)CC/C1=C\c1cccc(OCC2CC=CCC2)c1. The standard InChI is InChI=1S/C24H29N3O3/c1-18-15-27(24(28)26-22-14-25-30-17-22)11-10-21(18)12-20-8-5-9-23(13-20)29-16-19-6-3-2-4-7-19/h2-3,5,8-9,12-14,17-19H,4,6-7,10-11,15-16H2,1H3,(H,26,28)/b21-12+. The topological polar surface area (TPSA) is 67.6 Å². The Hall–Kier alpha value is -3.02. The van der Waals surface area contributed by atoms with E-state index in [1.807, 2.05) is 11.0 Å². The van der Waals surface area contributed by atoms with Gasteiger partial charge in [0.15, 0.2) is 0 Å². The van der Waals surface area contributed by atoms with Crippen molar-refractivity contribution < 1.29 is 14.1 Å². The van der Waals surface area contributed by atoms with E-state index in [1.54, 1.807) is 0 Å². The Morgan fingerprint density at radius 3 is 3.10 bits per heavy atom. The molecule has 1 fully saturated rings. The lowest BCUT2D eigenvalue weighted by Crippen LogP contribution is -2.42. The number of likely N-dealkylation sites (tertiary alicyclic amines) is 1. The van der Waals surface area contributed by atoms with E-state index in [0.717, 1.165) is 37.2 Å². The van der Waals surface area contributed by atoms with E-state index in [1.165, 1.54) is 24.5 Å². The Morgan fingerprint density at radius 1 is 1.40 bits per heavy atom. The van der Waals surface area contributed by atoms with Gasteiger partial charge in [0, 0.05) is 13.1 Å². The molecule has 6 heteroatoms. The van der Waals surface area contributed by atoms with Crippen molar-refractivity contribution in [3.05, 3.63) is 60.0 Å². The molecular weight excluding hydrogens is 378 g/mol. The van der Waals surface area contributed by atoms with E-state index in [-0.39, 0.29) is 6.03 Å². The van der Waals surface area contributed by atoms with Gasteiger partial charge in [-0.15, -0.1) is 0 Å². The van der Waals surface area contributed by atoms with Gasteiger partial charge >= 0.3 is 6.03 Å². The number of ether oxygens (including phenoxy) is 1. The molecule has 1 aliphatic carbocycles. The molecule has 4 rings (SSSR count). The molecule has 1 aliphatic heterocycles. The first-order valence-electron chi connectivity index (χ1n) is 10.7. The zero-order chi connectivity index (χ0) is 20.8. The van der Waals surface area contributed by atoms with Crippen LogP contribution in [0.2, 0.25) is 0 Å². The number of amides is 2. The molecule has 2 aliphatic rings. The van der Waals surface area contributed by atoms with Crippen molar-refractivity contribution in [3.63, 3.8) is 0 Å². The Bertz CT molecular complexity index is 904. The lowest BCUT2D eigenvalue weighted by Gasteiger charge is -2.33. The van der Waals surface area contributed by atoms with Gasteiger partial charge in [0.1, 0.15) is 17.7 Å². The first-order chi connectivity index (χ1) is 14.7. The van der Waals surface area contributed by atoms with Crippen LogP contribution in [0.4, 0.5) is 10.5 Å². The summed E-state index contributed by atoms with van der Waals surface area (Å²) in [7, 11) is 0. The number of hydrogen-bond donors (Lipinski definition) is 1. The first-order valence-corrected chi connectivity index (χ1v) is 10.7. The van der Waals surface area contributed by atoms with Gasteiger partial charge in [0.25, 0.3) is 0 Å². The smallest absolute Gasteiger partial charge is 0.322 e. The van der Waals surface area contributed by atoms with Gasteiger partial charge in [-0.3, -0.25) is 0 Å². The summed E-state index contributed by atoms with van der Waals surface area (Å²) < 4.78 is 10.8. The van der Waals surface area contributed by atoms with Crippen LogP contribution >= 0.6 is 0 Å². The predicted octanol–water partition coefficient (Wildman–Crippen LogP) is 5.37. The van der Waals surface area contributed by atoms with Gasteiger partial charge in [0.2, 0.25) is 0 Å². The molecule has 1 saturated heterocycles. The van der Waals surface area contributed by atoms with Crippen LogP contribution < -0.4 is 10.1 Å². The molecule has 0 saturated carbocycles. The highest BCUT2D eigenvalue weighted by atomic mass is 16.5. The summed E-state index contributed by atoms with van der Waals surface area (Å²) in [5.74, 6) is 1.84. The molecule has 1 aromatic carbocycles. The van der Waals surface area contributed by atoms with Crippen LogP contribution in [0.1, 0.15) is 38.2 Å². The van der Waals surface area contributed by atoms with Gasteiger partial charge in [-0.1, -0.05) is 48.0 Å². The number of hydrogen-bond acceptors (Lipinski definition) is 4. The second kappa shape index (κ2) is 9.65. The summed E-state index contributed by atoms with van der Waals surface area (Å²) >= 11 is 0. The number of carbonyl (C=O) groups excluding carboxylic acids is 1. The summed E-state index contributed by atoms with van der Waals surface area (Å²) in [6.07, 6.45) is 14.0. The fraction of sp³-hybridized carbons (Fsp3) is 0.417. The average Bonchev–Trinajstić information content (AvgIpc) is 3.28. The molecule has 0 bridgehead atoms. The average molecular weight is 408 g/mol. The van der Waals surface area contributed by atoms with Crippen molar-refractivity contribution in [2.75, 3.05) is 25.0 Å². The van der Waals surface area contributed by atoms with Crippen LogP contribution in [-0.4, -0.2) is 35.8 Å². The van der Waals surface area contributed by atoms with Crippen LogP contribution in [0.3, 0.4) is 0 Å². The number of benzene rings is 1. The number of allylic oxidation sites excluding steroid dienone is 2. The third-order valence-electron chi connectivity index (χ3n) is 5.84. The fourth-order valence-electron chi connectivity index (χ4n) is 4.05. The molecular formula is C24H29N3O3. The molecule has 2 unspecified atom stereocenters. The summed E-state index contributed by atoms with van der Waals surface area (Å²) in [6, 6.07) is 8.19. The van der Waals surface area contributed by atoms with Gasteiger partial charge in [0.05, 0.1) is 12.8 Å². The number of urea groups is 1. The van der Waals surface area contributed by atoms with Crippen molar-refractivity contribution in [2.45, 2.75) is 32.6 Å². The van der Waals surface area contributed by atoms with Gasteiger partial charge in [-0.25, -0.2) is 4.79 Å². The van der Waals surface area contributed by atoms with E-state index in [2.05, 4.69) is 53.8 Å². The molecule has 2 atom stereocenters. The summed E-state index contributed by atoms with van der Waals surface area (Å²) in [5, 5.41) is 6.43. The number of anilines is 1. The minimum Gasteiger partial charge on any atom is -0.493 e. The van der Waals surface area contributed by atoms with Gasteiger partial charge in [-0.2, -0.15) is 0 Å². The molecule has 30 heavy (non-hydrogen) atoms. The number of nitrogens with one attached hydrogen (secondary N) is 1. The molecule has 2 heterocycles. The second-order valence-corrected chi connectivity index (χ2v) is 8.19. The highest BCUT2D eigenvalue weighted by molar-refractivity contribution is 5.89. The van der Waals surface area contributed by atoms with E-state index in [9.17, 15) is 4.79 Å². The number of piperidine rings is 1. The summed E-state index contributed by atoms with van der Waals surface area (Å²) in [6.45, 7) is 4.33. The lowest BCUT2D eigenvalue weighted by molar-refractivity contribution is 0.198. The highest BCUT2D eigenvalue weighted by Crippen LogP contribution is 2.27. The molecule has 6 nitrogen and oxygen atoms in total. The van der Waals surface area contributed by atoms with E-state index in [4.69, 9.17) is 9.26 Å². The first kappa shape index (κ1) is 20.3. The van der Waals surface area contributed by atoms with Crippen LogP contribution in [0.15, 0.2) is 59.0 Å². The van der Waals surface area contributed by atoms with Crippen LogP contribution in [0, 0.1) is 11.8 Å². The van der Waals surface area contributed by atoms with E-state index in [0.29, 0.717) is 30.6 Å². The molecule has 0 radical (unpaired) electrons. The molecule has 1 aromatic heterocycles. The maximum absolute atomic E-state index is 12.4. The normalized spacial score (nSPS) is 22.8. The van der Waals surface area contributed by atoms with Crippen LogP contribution in [0.5, 0.6) is 5.75 Å². The van der Waals surface area contributed by atoms with Crippen molar-refractivity contribution >= 4 is 17.8 Å². The molecule has 1 N–H and O–H groups in total. The zero-order valence-corrected chi connectivity index (χ0v) is 17.4. The lowest BCUT2D eigenvalue weighted by atomic mass is 9.91. The number of carbonyl (C=O) groups is 1. The van der Waals surface area contributed by atoms with E-state index >= 15 is 0 Å². The maximum Gasteiger partial charge on any atom is 0.322 e. The zero-order valence-electron chi connectivity index (χ0n) is 17.4. The molecule has 0 spiro atoms. The number of rotatable bonds is 5. The van der Waals surface area contributed by atoms with Crippen LogP contribution in [-0.2, 0) is 0 Å². The Kier molecular flexibility index (Phi) is 6.52. The molecule has 2 aromatic rings. The highest BCUT2D eigenvalue weighted by Gasteiger charge is 2.24. The monoisotopic (exact) mass is 407 g/mol. The largest absolute Gasteiger partial charge is 0.493 e. The van der Waals surface area contributed by atoms with Gasteiger partial charge < -0.3 is 19.5 Å². The molecule has 158 valence electrons. The Morgan fingerprint density at radius 2 is 2.33 bits per heavy atom. The van der Waals surface area contributed by atoms with Crippen molar-refractivity contribution in [3.8, 4) is 5.75 Å². The quantitative estimate of drug-likeness (QED) is 0.677. The third kappa shape index (κ3) is 5.32. The Labute approximate surface area is 177 Å². The molecule has 2 amide bonds.